The van der Waals surface area contributed by atoms with Crippen molar-refractivity contribution in [3.05, 3.63) is 5.28 Å². The Hall–Kier alpha value is -1.14. The first-order valence-electron chi connectivity index (χ1n) is 5.48. The van der Waals surface area contributed by atoms with Crippen molar-refractivity contribution in [3.63, 3.8) is 0 Å². The van der Waals surface area contributed by atoms with E-state index in [2.05, 4.69) is 20.3 Å². The Morgan fingerprint density at radius 2 is 2.06 bits per heavy atom. The van der Waals surface area contributed by atoms with E-state index < -0.39 is 0 Å². The van der Waals surface area contributed by atoms with Gasteiger partial charge < -0.3 is 14.8 Å². The van der Waals surface area contributed by atoms with Crippen molar-refractivity contribution in [2.45, 2.75) is 31.4 Å². The fourth-order valence-corrected chi connectivity index (χ4v) is 2.18. The van der Waals surface area contributed by atoms with Gasteiger partial charge in [0.1, 0.15) is 0 Å². The van der Waals surface area contributed by atoms with Gasteiger partial charge in [-0.25, -0.2) is 0 Å². The fraction of sp³-hybridized carbons (Fsp3) is 0.700. The van der Waals surface area contributed by atoms with Crippen molar-refractivity contribution < 1.29 is 9.47 Å². The minimum atomic E-state index is 0.117. The zero-order valence-electron chi connectivity index (χ0n) is 9.81. The van der Waals surface area contributed by atoms with Gasteiger partial charge in [0.2, 0.25) is 11.2 Å². The minimum absolute atomic E-state index is 0.117. The summed E-state index contributed by atoms with van der Waals surface area (Å²) in [5.74, 6) is 0.427. The predicted molar refractivity (Wildman–Crippen MR) is 63.4 cm³/mol. The first kappa shape index (κ1) is 12.3. The smallest absolute Gasteiger partial charge is 0.322 e. The lowest BCUT2D eigenvalue weighted by molar-refractivity contribution is 0.101. The van der Waals surface area contributed by atoms with Gasteiger partial charge in [0.05, 0.1) is 19.3 Å². The van der Waals surface area contributed by atoms with E-state index in [0.717, 1.165) is 19.3 Å². The first-order chi connectivity index (χ1) is 8.22. The second-order valence-corrected chi connectivity index (χ2v) is 4.21. The third kappa shape index (κ3) is 2.95. The molecule has 0 radical (unpaired) electrons. The first-order valence-corrected chi connectivity index (χ1v) is 5.85. The molecule has 0 bridgehead atoms. The highest BCUT2D eigenvalue weighted by atomic mass is 35.5. The molecule has 1 heterocycles. The summed E-state index contributed by atoms with van der Waals surface area (Å²) in [5.41, 5.74) is 0. The Kier molecular flexibility index (Phi) is 3.96. The molecule has 1 aromatic heterocycles. The largest absolute Gasteiger partial charge is 0.467 e. The van der Waals surface area contributed by atoms with Crippen molar-refractivity contribution in [1.29, 1.82) is 0 Å². The second-order valence-electron chi connectivity index (χ2n) is 3.87. The molecule has 2 rings (SSSR count). The van der Waals surface area contributed by atoms with Gasteiger partial charge in [-0.2, -0.15) is 15.0 Å². The number of methoxy groups -OCH3 is 2. The molecule has 0 amide bonds. The standard InChI is InChI=1S/C10H15ClN4O2/c1-16-7-5-3-4-6(7)12-9-13-8(11)14-10(15-9)17-2/h6-7H,3-5H2,1-2H3,(H,12,13,14,15). The number of nitrogens with zero attached hydrogens (tertiary/aromatic N) is 3. The summed E-state index contributed by atoms with van der Waals surface area (Å²) < 4.78 is 10.3. The summed E-state index contributed by atoms with van der Waals surface area (Å²) in [7, 11) is 3.20. The van der Waals surface area contributed by atoms with Crippen molar-refractivity contribution in [3.8, 4) is 6.01 Å². The number of hydrogen-bond donors (Lipinski definition) is 1. The molecular formula is C10H15ClN4O2. The zero-order valence-corrected chi connectivity index (χ0v) is 10.6. The second kappa shape index (κ2) is 5.46. The minimum Gasteiger partial charge on any atom is -0.467 e. The third-order valence-electron chi connectivity index (χ3n) is 2.84. The van der Waals surface area contributed by atoms with E-state index >= 15 is 0 Å². The monoisotopic (exact) mass is 258 g/mol. The van der Waals surface area contributed by atoms with E-state index in [1.807, 2.05) is 0 Å². The highest BCUT2D eigenvalue weighted by Gasteiger charge is 2.27. The number of halogens is 1. The Morgan fingerprint density at radius 1 is 1.24 bits per heavy atom. The lowest BCUT2D eigenvalue weighted by Crippen LogP contribution is -2.30. The van der Waals surface area contributed by atoms with Gasteiger partial charge in [-0.15, -0.1) is 0 Å². The quantitative estimate of drug-likeness (QED) is 0.883. The van der Waals surface area contributed by atoms with Gasteiger partial charge in [0.25, 0.3) is 0 Å². The molecule has 0 saturated heterocycles. The molecule has 2 atom stereocenters. The van der Waals surface area contributed by atoms with E-state index in [1.165, 1.54) is 7.11 Å². The molecule has 6 nitrogen and oxygen atoms in total. The fourth-order valence-electron chi connectivity index (χ4n) is 2.03. The van der Waals surface area contributed by atoms with Crippen LogP contribution in [0.5, 0.6) is 6.01 Å². The molecule has 1 N–H and O–H groups in total. The number of nitrogens with one attached hydrogen (secondary N) is 1. The van der Waals surface area contributed by atoms with Crippen LogP contribution in [0.1, 0.15) is 19.3 Å². The third-order valence-corrected chi connectivity index (χ3v) is 3.01. The van der Waals surface area contributed by atoms with Gasteiger partial charge in [-0.05, 0) is 30.9 Å². The Morgan fingerprint density at radius 3 is 2.76 bits per heavy atom. The number of aromatic nitrogens is 3. The van der Waals surface area contributed by atoms with Crippen LogP contribution >= 0.6 is 11.6 Å². The Labute approximate surface area is 105 Å². The topological polar surface area (TPSA) is 69.2 Å². The molecule has 1 saturated carbocycles. The van der Waals surface area contributed by atoms with Gasteiger partial charge in [-0.1, -0.05) is 0 Å². The molecule has 0 aliphatic heterocycles. The van der Waals surface area contributed by atoms with Crippen LogP contribution in [-0.2, 0) is 4.74 Å². The van der Waals surface area contributed by atoms with E-state index in [-0.39, 0.29) is 23.4 Å². The maximum atomic E-state index is 5.77. The van der Waals surface area contributed by atoms with Crippen LogP contribution in [0.2, 0.25) is 5.28 Å². The van der Waals surface area contributed by atoms with Crippen LogP contribution in [0.3, 0.4) is 0 Å². The van der Waals surface area contributed by atoms with Crippen LogP contribution in [0.25, 0.3) is 0 Å². The Bertz CT molecular complexity index is 391. The molecule has 0 spiro atoms. The SMILES string of the molecule is COc1nc(Cl)nc(NC2CCCC2OC)n1. The van der Waals surface area contributed by atoms with Crippen LogP contribution in [0.15, 0.2) is 0 Å². The van der Waals surface area contributed by atoms with Gasteiger partial charge in [-0.3, -0.25) is 0 Å². The van der Waals surface area contributed by atoms with Crippen molar-refractivity contribution in [2.75, 3.05) is 19.5 Å². The molecule has 7 heteroatoms. The summed E-state index contributed by atoms with van der Waals surface area (Å²) in [6, 6.07) is 0.419. The predicted octanol–water partition coefficient (Wildman–Crippen LogP) is 1.51. The number of hydrogen-bond acceptors (Lipinski definition) is 6. The molecule has 1 aromatic rings. The van der Waals surface area contributed by atoms with Gasteiger partial charge in [0.15, 0.2) is 0 Å². The maximum absolute atomic E-state index is 5.77. The summed E-state index contributed by atoms with van der Waals surface area (Å²) in [6.07, 6.45) is 3.40. The normalized spacial score (nSPS) is 23.7. The van der Waals surface area contributed by atoms with E-state index in [9.17, 15) is 0 Å². The molecule has 0 aromatic carbocycles. The van der Waals surface area contributed by atoms with Crippen LogP contribution in [0, 0.1) is 0 Å². The summed E-state index contributed by atoms with van der Waals surface area (Å²) in [4.78, 5) is 11.9. The summed E-state index contributed by atoms with van der Waals surface area (Å²) >= 11 is 5.77. The van der Waals surface area contributed by atoms with Crippen LogP contribution in [-0.4, -0.2) is 41.3 Å². The van der Waals surface area contributed by atoms with Crippen molar-refractivity contribution in [2.24, 2.45) is 0 Å². The van der Waals surface area contributed by atoms with Crippen molar-refractivity contribution >= 4 is 17.5 Å². The lowest BCUT2D eigenvalue weighted by atomic mass is 10.2. The lowest BCUT2D eigenvalue weighted by Gasteiger charge is -2.19. The molecule has 2 unspecified atom stereocenters. The summed E-state index contributed by atoms with van der Waals surface area (Å²) in [5, 5.41) is 3.32. The zero-order chi connectivity index (χ0) is 12.3. The molecule has 1 aliphatic rings. The van der Waals surface area contributed by atoms with E-state index in [4.69, 9.17) is 21.1 Å². The number of ether oxygens (including phenoxy) is 2. The number of rotatable bonds is 4. The summed E-state index contributed by atoms with van der Waals surface area (Å²) in [6.45, 7) is 0. The van der Waals surface area contributed by atoms with Crippen molar-refractivity contribution in [1.82, 2.24) is 15.0 Å². The van der Waals surface area contributed by atoms with Crippen LogP contribution in [0.4, 0.5) is 5.95 Å². The van der Waals surface area contributed by atoms with Gasteiger partial charge in [0, 0.05) is 7.11 Å². The average Bonchev–Trinajstić information content (AvgIpc) is 2.75. The molecule has 1 fully saturated rings. The average molecular weight is 259 g/mol. The van der Waals surface area contributed by atoms with E-state index in [0.29, 0.717) is 5.95 Å². The molecular weight excluding hydrogens is 244 g/mol. The maximum Gasteiger partial charge on any atom is 0.322 e. The van der Waals surface area contributed by atoms with Gasteiger partial charge >= 0.3 is 6.01 Å². The van der Waals surface area contributed by atoms with E-state index in [1.54, 1.807) is 7.11 Å². The highest BCUT2D eigenvalue weighted by Crippen LogP contribution is 2.24. The Balaban J connectivity index is 2.09. The highest BCUT2D eigenvalue weighted by molar-refractivity contribution is 6.28. The van der Waals surface area contributed by atoms with Crippen LogP contribution < -0.4 is 10.1 Å². The molecule has 94 valence electrons. The number of anilines is 1. The molecule has 1 aliphatic carbocycles. The molecule has 17 heavy (non-hydrogen) atoms.